The molecule has 0 atom stereocenters. The van der Waals surface area contributed by atoms with Crippen LogP contribution >= 0.6 is 7.82 Å². The Morgan fingerprint density at radius 1 is 1.06 bits per heavy atom. The summed E-state index contributed by atoms with van der Waals surface area (Å²) in [5.41, 5.74) is 0. The van der Waals surface area contributed by atoms with Crippen molar-refractivity contribution in [2.24, 2.45) is 0 Å². The van der Waals surface area contributed by atoms with E-state index in [1.54, 1.807) is 0 Å². The van der Waals surface area contributed by atoms with Gasteiger partial charge in [0.2, 0.25) is 13.1 Å². The Labute approximate surface area is 100 Å². The number of hydrogen-bond donors (Lipinski definition) is 0. The fourth-order valence-electron chi connectivity index (χ4n) is 0.711. The lowest BCUT2D eigenvalue weighted by atomic mass is 10.5. The molecule has 8 heteroatoms. The van der Waals surface area contributed by atoms with E-state index in [9.17, 15) is 4.57 Å². The summed E-state index contributed by atoms with van der Waals surface area (Å²) >= 11 is 0. The molecule has 0 fully saturated rings. The van der Waals surface area contributed by atoms with E-state index >= 15 is 0 Å². The number of nitrogens with zero attached hydrogens (tertiary/aromatic N) is 3. The van der Waals surface area contributed by atoms with Gasteiger partial charge in [0.15, 0.2) is 0 Å². The SMILES string of the molecule is [C-]#[N+]CCOP(=O)(OCCC#N)OCC[N+]#[C-]. The van der Waals surface area contributed by atoms with E-state index in [-0.39, 0.29) is 39.3 Å². The maximum atomic E-state index is 11.9. The van der Waals surface area contributed by atoms with E-state index < -0.39 is 7.82 Å². The minimum absolute atomic E-state index is 0.0395. The van der Waals surface area contributed by atoms with Crippen molar-refractivity contribution in [3.05, 3.63) is 22.8 Å². The second kappa shape index (κ2) is 9.78. The van der Waals surface area contributed by atoms with Crippen molar-refractivity contribution in [1.82, 2.24) is 0 Å². The minimum atomic E-state index is -3.75. The van der Waals surface area contributed by atoms with Crippen LogP contribution in [0.3, 0.4) is 0 Å². The molecule has 0 aliphatic heterocycles. The third kappa shape index (κ3) is 8.39. The number of phosphoric acid groups is 1. The van der Waals surface area contributed by atoms with Gasteiger partial charge in [-0.05, 0) is 0 Å². The number of rotatable bonds is 9. The molecule has 0 N–H and O–H groups in total. The van der Waals surface area contributed by atoms with E-state index in [0.717, 1.165) is 0 Å². The number of hydrogen-bond acceptors (Lipinski definition) is 5. The van der Waals surface area contributed by atoms with Gasteiger partial charge >= 0.3 is 7.82 Å². The first-order chi connectivity index (χ1) is 8.18. The van der Waals surface area contributed by atoms with Crippen LogP contribution in [0.2, 0.25) is 0 Å². The van der Waals surface area contributed by atoms with Crippen LogP contribution in [0, 0.1) is 24.5 Å². The predicted molar refractivity (Wildman–Crippen MR) is 58.6 cm³/mol. The summed E-state index contributed by atoms with van der Waals surface area (Å²) in [6.07, 6.45) is 0.0579. The van der Waals surface area contributed by atoms with Gasteiger partial charge in [-0.2, -0.15) is 5.26 Å². The van der Waals surface area contributed by atoms with Gasteiger partial charge in [-0.15, -0.1) is 0 Å². The molecule has 0 aromatic heterocycles. The molecule has 0 aromatic carbocycles. The smallest absolute Gasteiger partial charge is 0.314 e. The molecule has 0 unspecified atom stereocenters. The van der Waals surface area contributed by atoms with Gasteiger partial charge < -0.3 is 9.69 Å². The summed E-state index contributed by atoms with van der Waals surface area (Å²) in [4.78, 5) is 6.05. The van der Waals surface area contributed by atoms with Gasteiger partial charge in [-0.25, -0.2) is 17.7 Å². The van der Waals surface area contributed by atoms with E-state index in [0.29, 0.717) is 0 Å². The number of nitriles is 1. The molecule has 0 amide bonds. The highest BCUT2D eigenvalue weighted by molar-refractivity contribution is 7.48. The zero-order valence-corrected chi connectivity index (χ0v) is 10.1. The second-order valence-electron chi connectivity index (χ2n) is 2.62. The topological polar surface area (TPSA) is 77.3 Å². The largest absolute Gasteiger partial charge is 0.475 e. The van der Waals surface area contributed by atoms with Crippen molar-refractivity contribution in [1.29, 1.82) is 5.26 Å². The highest BCUT2D eigenvalue weighted by Crippen LogP contribution is 2.49. The van der Waals surface area contributed by atoms with Crippen molar-refractivity contribution in [3.63, 3.8) is 0 Å². The zero-order chi connectivity index (χ0) is 13.0. The van der Waals surface area contributed by atoms with Gasteiger partial charge in [0.25, 0.3) is 0 Å². The van der Waals surface area contributed by atoms with Gasteiger partial charge in [0.1, 0.15) is 13.2 Å². The van der Waals surface area contributed by atoms with Crippen LogP contribution in [-0.2, 0) is 18.1 Å². The molecule has 0 aromatic rings. The Hall–Kier alpha value is -1.42. The fourth-order valence-corrected chi connectivity index (χ4v) is 1.86. The molecular weight excluding hydrogens is 245 g/mol. The third-order valence-corrected chi connectivity index (χ3v) is 2.86. The molecule has 0 spiro atoms. The van der Waals surface area contributed by atoms with Crippen LogP contribution in [0.1, 0.15) is 6.42 Å². The van der Waals surface area contributed by atoms with Crippen LogP contribution in [0.15, 0.2) is 0 Å². The predicted octanol–water partition coefficient (Wildman–Crippen LogP) is 1.90. The average molecular weight is 257 g/mol. The first-order valence-corrected chi connectivity index (χ1v) is 6.21. The van der Waals surface area contributed by atoms with E-state index in [2.05, 4.69) is 9.69 Å². The standard InChI is InChI=1S/C9H12N3O4P/c1-11-5-8-15-17(13,14-7-3-4-10)16-9-6-12-2/h3,5-9H2. The average Bonchev–Trinajstić information content (AvgIpc) is 2.30. The van der Waals surface area contributed by atoms with Crippen molar-refractivity contribution >= 4 is 7.82 Å². The Kier molecular flexibility index (Phi) is 8.96. The highest BCUT2D eigenvalue weighted by atomic mass is 31.2. The van der Waals surface area contributed by atoms with Crippen LogP contribution < -0.4 is 0 Å². The Balaban J connectivity index is 4.16. The first-order valence-electron chi connectivity index (χ1n) is 4.75. The maximum absolute atomic E-state index is 11.9. The van der Waals surface area contributed by atoms with Crippen molar-refractivity contribution in [2.75, 3.05) is 32.9 Å². The Bertz CT molecular complexity index is 322. The monoisotopic (exact) mass is 257 g/mol. The number of phosphoric ester groups is 1. The molecule has 7 nitrogen and oxygen atoms in total. The molecule has 0 rings (SSSR count). The van der Waals surface area contributed by atoms with Gasteiger partial charge in [0, 0.05) is 0 Å². The van der Waals surface area contributed by atoms with E-state index in [1.165, 1.54) is 0 Å². The summed E-state index contributed by atoms with van der Waals surface area (Å²) in [6.45, 7) is 12.9. The zero-order valence-electron chi connectivity index (χ0n) is 9.16. The lowest BCUT2D eigenvalue weighted by molar-refractivity contribution is 0.122. The van der Waals surface area contributed by atoms with Gasteiger partial charge in [-0.3, -0.25) is 13.6 Å². The molecule has 0 saturated carbocycles. The molecule has 0 bridgehead atoms. The molecule has 0 heterocycles. The molecular formula is C9H12N3O4P. The summed E-state index contributed by atoms with van der Waals surface area (Å²) in [5, 5.41) is 8.31. The molecule has 0 radical (unpaired) electrons. The third-order valence-electron chi connectivity index (χ3n) is 1.37. The van der Waals surface area contributed by atoms with Crippen molar-refractivity contribution in [3.8, 4) is 6.07 Å². The Morgan fingerprint density at radius 3 is 1.94 bits per heavy atom. The van der Waals surface area contributed by atoms with Gasteiger partial charge in [0.05, 0.1) is 19.1 Å². The second-order valence-corrected chi connectivity index (χ2v) is 4.29. The summed E-state index contributed by atoms with van der Waals surface area (Å²) < 4.78 is 26.4. The van der Waals surface area contributed by atoms with Crippen LogP contribution in [0.25, 0.3) is 9.69 Å². The van der Waals surface area contributed by atoms with Gasteiger partial charge in [-0.1, -0.05) is 0 Å². The fraction of sp³-hybridized carbons (Fsp3) is 0.667. The van der Waals surface area contributed by atoms with E-state index in [1.807, 2.05) is 6.07 Å². The van der Waals surface area contributed by atoms with E-state index in [4.69, 9.17) is 32.0 Å². The molecule has 17 heavy (non-hydrogen) atoms. The molecule has 0 aliphatic carbocycles. The van der Waals surface area contributed by atoms with Crippen LogP contribution in [0.5, 0.6) is 0 Å². The minimum Gasteiger partial charge on any atom is -0.314 e. The summed E-state index contributed by atoms with van der Waals surface area (Å²) in [7, 11) is -3.75. The Morgan fingerprint density at radius 2 is 1.53 bits per heavy atom. The molecule has 0 saturated heterocycles. The van der Waals surface area contributed by atoms with Crippen LogP contribution in [0.4, 0.5) is 0 Å². The van der Waals surface area contributed by atoms with Crippen molar-refractivity contribution < 1.29 is 18.1 Å². The lowest BCUT2D eigenvalue weighted by Crippen LogP contribution is -2.05. The quantitative estimate of drug-likeness (QED) is 0.358. The first kappa shape index (κ1) is 15.6. The highest BCUT2D eigenvalue weighted by Gasteiger charge is 2.27. The lowest BCUT2D eigenvalue weighted by Gasteiger charge is -2.14. The van der Waals surface area contributed by atoms with Crippen molar-refractivity contribution in [2.45, 2.75) is 6.42 Å². The normalized spacial score (nSPS) is 10.2. The summed E-state index contributed by atoms with van der Waals surface area (Å²) in [6, 6.07) is 1.82. The maximum Gasteiger partial charge on any atom is 0.475 e. The molecule has 92 valence electrons. The summed E-state index contributed by atoms with van der Waals surface area (Å²) in [5.74, 6) is 0. The molecule has 0 aliphatic rings. The van der Waals surface area contributed by atoms with Crippen LogP contribution in [-0.4, -0.2) is 32.9 Å².